The van der Waals surface area contributed by atoms with E-state index >= 15 is 0 Å². The summed E-state index contributed by atoms with van der Waals surface area (Å²) >= 11 is 0. The molecule has 1 fully saturated rings. The molecule has 1 aliphatic carbocycles. The first kappa shape index (κ1) is 9.78. The Bertz CT molecular complexity index is 276. The van der Waals surface area contributed by atoms with Crippen LogP contribution in [0.5, 0.6) is 0 Å². The molecule has 1 aromatic rings. The molecular weight excluding hydrogens is 174 g/mol. The fourth-order valence-corrected chi connectivity index (χ4v) is 1.54. The fraction of sp³-hybridized carbons (Fsp3) is 0.667. The van der Waals surface area contributed by atoms with Crippen molar-refractivity contribution in [1.29, 1.82) is 0 Å². The van der Waals surface area contributed by atoms with Gasteiger partial charge in [-0.05, 0) is 31.4 Å². The molecule has 14 heavy (non-hydrogen) atoms. The van der Waals surface area contributed by atoms with Gasteiger partial charge in [0.25, 0.3) is 0 Å². The quantitative estimate of drug-likeness (QED) is 0.751. The van der Waals surface area contributed by atoms with Crippen molar-refractivity contribution in [2.75, 3.05) is 0 Å². The second kappa shape index (κ2) is 4.65. The van der Waals surface area contributed by atoms with Gasteiger partial charge in [-0.2, -0.15) is 0 Å². The van der Waals surface area contributed by atoms with Crippen molar-refractivity contribution in [3.8, 4) is 0 Å². The molecule has 1 saturated carbocycles. The Morgan fingerprint density at radius 2 is 2.14 bits per heavy atom. The summed E-state index contributed by atoms with van der Waals surface area (Å²) in [7, 11) is 0. The maximum absolute atomic E-state index is 5.70. The molecule has 0 aromatic carbocycles. The highest BCUT2D eigenvalue weighted by Crippen LogP contribution is 2.19. The lowest BCUT2D eigenvalue weighted by Crippen LogP contribution is -2.14. The van der Waals surface area contributed by atoms with Gasteiger partial charge >= 0.3 is 0 Å². The van der Waals surface area contributed by atoms with Crippen molar-refractivity contribution in [2.24, 2.45) is 0 Å². The Labute approximate surface area is 85.7 Å². The van der Waals surface area contributed by atoms with E-state index in [1.165, 1.54) is 25.7 Å². The first-order valence-electron chi connectivity index (χ1n) is 5.69. The first-order chi connectivity index (χ1) is 6.88. The van der Waals surface area contributed by atoms with Gasteiger partial charge < -0.3 is 9.73 Å². The van der Waals surface area contributed by atoms with Gasteiger partial charge in [0.05, 0.1) is 6.54 Å². The van der Waals surface area contributed by atoms with E-state index in [0.717, 1.165) is 30.5 Å². The summed E-state index contributed by atoms with van der Waals surface area (Å²) in [6, 6.07) is 4.97. The van der Waals surface area contributed by atoms with E-state index in [0.29, 0.717) is 0 Å². The fourth-order valence-electron chi connectivity index (χ4n) is 1.54. The maximum atomic E-state index is 5.70. The molecule has 0 radical (unpaired) electrons. The first-order valence-corrected chi connectivity index (χ1v) is 5.69. The van der Waals surface area contributed by atoms with Crippen LogP contribution in [0.25, 0.3) is 0 Å². The molecule has 0 bridgehead atoms. The van der Waals surface area contributed by atoms with Crippen molar-refractivity contribution in [3.63, 3.8) is 0 Å². The Balaban J connectivity index is 1.76. The van der Waals surface area contributed by atoms with Crippen molar-refractivity contribution < 1.29 is 4.42 Å². The lowest BCUT2D eigenvalue weighted by Gasteiger charge is -1.98. The molecule has 1 aliphatic rings. The van der Waals surface area contributed by atoms with Crippen LogP contribution in [0.2, 0.25) is 0 Å². The summed E-state index contributed by atoms with van der Waals surface area (Å²) in [5, 5.41) is 3.45. The number of hydrogen-bond donors (Lipinski definition) is 1. The predicted molar refractivity (Wildman–Crippen MR) is 57.2 cm³/mol. The summed E-state index contributed by atoms with van der Waals surface area (Å²) in [4.78, 5) is 0. The molecule has 0 aliphatic heterocycles. The van der Waals surface area contributed by atoms with Crippen LogP contribution in [0.15, 0.2) is 16.5 Å². The van der Waals surface area contributed by atoms with E-state index in [4.69, 9.17) is 4.42 Å². The highest BCUT2D eigenvalue weighted by Gasteiger charge is 2.20. The minimum atomic E-state index is 0.763. The maximum Gasteiger partial charge on any atom is 0.117 e. The third-order valence-electron chi connectivity index (χ3n) is 2.64. The molecule has 2 nitrogen and oxygen atoms in total. The summed E-state index contributed by atoms with van der Waals surface area (Å²) in [6.07, 6.45) is 6.21. The Kier molecular flexibility index (Phi) is 3.25. The molecule has 1 heterocycles. The van der Waals surface area contributed by atoms with Crippen molar-refractivity contribution in [2.45, 2.75) is 51.6 Å². The molecule has 0 atom stereocenters. The van der Waals surface area contributed by atoms with Crippen molar-refractivity contribution in [3.05, 3.63) is 23.7 Å². The van der Waals surface area contributed by atoms with Gasteiger partial charge in [-0.25, -0.2) is 0 Å². The third kappa shape index (κ3) is 2.88. The number of furan rings is 1. The van der Waals surface area contributed by atoms with E-state index in [-0.39, 0.29) is 0 Å². The second-order valence-corrected chi connectivity index (χ2v) is 4.13. The number of unbranched alkanes of at least 4 members (excludes halogenated alkanes) is 1. The van der Waals surface area contributed by atoms with E-state index in [1.807, 2.05) is 0 Å². The molecule has 0 unspecified atom stereocenters. The standard InChI is InChI=1S/C12H19NO/c1-2-3-4-11-7-8-12(14-11)9-13-10-5-6-10/h7-8,10,13H,2-6,9H2,1H3. The monoisotopic (exact) mass is 193 g/mol. The van der Waals surface area contributed by atoms with Crippen molar-refractivity contribution in [1.82, 2.24) is 5.32 Å². The molecule has 1 N–H and O–H groups in total. The molecule has 0 spiro atoms. The zero-order valence-electron chi connectivity index (χ0n) is 8.88. The highest BCUT2D eigenvalue weighted by atomic mass is 16.3. The minimum Gasteiger partial charge on any atom is -0.465 e. The summed E-state index contributed by atoms with van der Waals surface area (Å²) in [5.74, 6) is 2.22. The van der Waals surface area contributed by atoms with E-state index < -0.39 is 0 Å². The van der Waals surface area contributed by atoms with Crippen molar-refractivity contribution >= 4 is 0 Å². The molecular formula is C12H19NO. The minimum absolute atomic E-state index is 0.763. The van der Waals surface area contributed by atoms with Crippen LogP contribution in [0, 0.1) is 0 Å². The largest absolute Gasteiger partial charge is 0.465 e. The number of aryl methyl sites for hydroxylation is 1. The molecule has 2 rings (SSSR count). The van der Waals surface area contributed by atoms with Crippen LogP contribution < -0.4 is 5.32 Å². The van der Waals surface area contributed by atoms with Gasteiger partial charge in [-0.15, -0.1) is 0 Å². The smallest absolute Gasteiger partial charge is 0.117 e. The van der Waals surface area contributed by atoms with Gasteiger partial charge in [0, 0.05) is 12.5 Å². The summed E-state index contributed by atoms with van der Waals surface area (Å²) in [5.41, 5.74) is 0. The van der Waals surface area contributed by atoms with Crippen LogP contribution in [0.1, 0.15) is 44.1 Å². The van der Waals surface area contributed by atoms with Crippen LogP contribution in [-0.2, 0) is 13.0 Å². The summed E-state index contributed by atoms with van der Waals surface area (Å²) < 4.78 is 5.70. The number of nitrogens with one attached hydrogen (secondary N) is 1. The Hall–Kier alpha value is -0.760. The third-order valence-corrected chi connectivity index (χ3v) is 2.64. The van der Waals surface area contributed by atoms with Crippen LogP contribution in [0.3, 0.4) is 0 Å². The SMILES string of the molecule is CCCCc1ccc(CNC2CC2)o1. The van der Waals surface area contributed by atoms with E-state index in [1.54, 1.807) is 0 Å². The number of hydrogen-bond acceptors (Lipinski definition) is 2. The van der Waals surface area contributed by atoms with Gasteiger partial charge in [-0.3, -0.25) is 0 Å². The van der Waals surface area contributed by atoms with Gasteiger partial charge in [0.1, 0.15) is 11.5 Å². The summed E-state index contributed by atoms with van der Waals surface area (Å²) in [6.45, 7) is 3.11. The second-order valence-electron chi connectivity index (χ2n) is 4.13. The van der Waals surface area contributed by atoms with Crippen LogP contribution in [0.4, 0.5) is 0 Å². The van der Waals surface area contributed by atoms with Gasteiger partial charge in [-0.1, -0.05) is 13.3 Å². The predicted octanol–water partition coefficient (Wildman–Crippen LogP) is 2.87. The normalized spacial score (nSPS) is 16.1. The van der Waals surface area contributed by atoms with Gasteiger partial charge in [0.15, 0.2) is 0 Å². The van der Waals surface area contributed by atoms with Crippen LogP contribution in [-0.4, -0.2) is 6.04 Å². The molecule has 0 saturated heterocycles. The average molecular weight is 193 g/mol. The number of rotatable bonds is 6. The lowest BCUT2D eigenvalue weighted by atomic mass is 10.2. The Morgan fingerprint density at radius 3 is 2.86 bits per heavy atom. The molecule has 2 heteroatoms. The molecule has 0 amide bonds. The zero-order chi connectivity index (χ0) is 9.80. The average Bonchev–Trinajstić information content (AvgIpc) is 2.92. The topological polar surface area (TPSA) is 25.2 Å². The zero-order valence-corrected chi connectivity index (χ0v) is 8.88. The Morgan fingerprint density at radius 1 is 1.36 bits per heavy atom. The highest BCUT2D eigenvalue weighted by molar-refractivity contribution is 5.07. The van der Waals surface area contributed by atoms with Crippen LogP contribution >= 0.6 is 0 Å². The molecule has 78 valence electrons. The van der Waals surface area contributed by atoms with Gasteiger partial charge in [0.2, 0.25) is 0 Å². The van der Waals surface area contributed by atoms with E-state index in [9.17, 15) is 0 Å². The van der Waals surface area contributed by atoms with E-state index in [2.05, 4.69) is 24.4 Å². The molecule has 1 aromatic heterocycles. The lowest BCUT2D eigenvalue weighted by molar-refractivity contribution is 0.441.